The molecule has 1 aromatic rings. The normalized spacial score (nSPS) is 23.6. The Bertz CT molecular complexity index is 472. The quantitative estimate of drug-likeness (QED) is 0.874. The first-order valence-corrected chi connectivity index (χ1v) is 8.25. The van der Waals surface area contributed by atoms with Gasteiger partial charge in [0.05, 0.1) is 16.1 Å². The van der Waals surface area contributed by atoms with Gasteiger partial charge in [-0.25, -0.2) is 4.98 Å². The van der Waals surface area contributed by atoms with Crippen molar-refractivity contribution in [2.45, 2.75) is 52.5 Å². The number of likely N-dealkylation sites (tertiary alicyclic amines) is 1. The van der Waals surface area contributed by atoms with Crippen molar-refractivity contribution in [3.05, 3.63) is 16.1 Å². The van der Waals surface area contributed by atoms with Crippen LogP contribution in [0.3, 0.4) is 0 Å². The Morgan fingerprint density at radius 1 is 1.60 bits per heavy atom. The average Bonchev–Trinajstić information content (AvgIpc) is 2.98. The van der Waals surface area contributed by atoms with E-state index in [0.717, 1.165) is 43.1 Å². The zero-order valence-corrected chi connectivity index (χ0v) is 13.4. The van der Waals surface area contributed by atoms with E-state index in [1.807, 2.05) is 0 Å². The number of carbonyl (C=O) groups is 1. The number of aliphatic carboxylic acids is 1. The second-order valence-electron chi connectivity index (χ2n) is 6.13. The summed E-state index contributed by atoms with van der Waals surface area (Å²) in [5.74, 6) is -0.173. The molecule has 2 heterocycles. The summed E-state index contributed by atoms with van der Waals surface area (Å²) in [6, 6.07) is 0. The Morgan fingerprint density at radius 2 is 2.35 bits per heavy atom. The van der Waals surface area contributed by atoms with Crippen molar-refractivity contribution in [3.8, 4) is 0 Å². The van der Waals surface area contributed by atoms with Crippen LogP contribution in [0.2, 0.25) is 0 Å². The molecule has 0 amide bonds. The molecule has 0 radical (unpaired) electrons. The summed E-state index contributed by atoms with van der Waals surface area (Å²) >= 11 is 1.70. The molecule has 0 saturated carbocycles. The molecule has 4 nitrogen and oxygen atoms in total. The highest BCUT2D eigenvalue weighted by Gasteiger charge is 2.43. The van der Waals surface area contributed by atoms with Crippen molar-refractivity contribution in [2.75, 3.05) is 13.1 Å². The molecular formula is C15H24N2O2S. The van der Waals surface area contributed by atoms with E-state index in [-0.39, 0.29) is 0 Å². The lowest BCUT2D eigenvalue weighted by Crippen LogP contribution is -2.34. The fraction of sp³-hybridized carbons (Fsp3) is 0.733. The van der Waals surface area contributed by atoms with Crippen molar-refractivity contribution >= 4 is 17.3 Å². The third-order valence-electron chi connectivity index (χ3n) is 4.06. The van der Waals surface area contributed by atoms with Crippen LogP contribution in [-0.2, 0) is 11.3 Å². The van der Waals surface area contributed by atoms with Gasteiger partial charge in [-0.2, -0.15) is 0 Å². The van der Waals surface area contributed by atoms with Crippen LogP contribution in [0.15, 0.2) is 5.38 Å². The third-order valence-corrected chi connectivity index (χ3v) is 5.26. The minimum Gasteiger partial charge on any atom is -0.481 e. The number of aromatic nitrogens is 1. The summed E-state index contributed by atoms with van der Waals surface area (Å²) in [7, 11) is 0. The van der Waals surface area contributed by atoms with Gasteiger partial charge in [-0.3, -0.25) is 9.69 Å². The largest absolute Gasteiger partial charge is 0.481 e. The van der Waals surface area contributed by atoms with Crippen LogP contribution in [0.4, 0.5) is 0 Å². The number of carboxylic acids is 1. The highest BCUT2D eigenvalue weighted by Crippen LogP contribution is 2.36. The summed E-state index contributed by atoms with van der Waals surface area (Å²) in [5, 5.41) is 12.8. The van der Waals surface area contributed by atoms with Gasteiger partial charge in [0.15, 0.2) is 0 Å². The molecule has 2 rings (SSSR count). The maximum absolute atomic E-state index is 11.6. The monoisotopic (exact) mass is 296 g/mol. The molecule has 20 heavy (non-hydrogen) atoms. The average molecular weight is 296 g/mol. The van der Waals surface area contributed by atoms with E-state index in [4.69, 9.17) is 0 Å². The topological polar surface area (TPSA) is 53.4 Å². The Morgan fingerprint density at radius 3 is 2.90 bits per heavy atom. The third kappa shape index (κ3) is 3.20. The molecule has 112 valence electrons. The number of nitrogens with zero attached hydrogens (tertiary/aromatic N) is 2. The molecule has 0 aromatic carbocycles. The van der Waals surface area contributed by atoms with E-state index in [9.17, 15) is 9.90 Å². The van der Waals surface area contributed by atoms with Crippen molar-refractivity contribution in [1.29, 1.82) is 0 Å². The molecule has 1 aliphatic heterocycles. The number of thiazole rings is 1. The van der Waals surface area contributed by atoms with E-state index in [0.29, 0.717) is 12.5 Å². The van der Waals surface area contributed by atoms with Crippen LogP contribution in [-0.4, -0.2) is 34.0 Å². The Hall–Kier alpha value is -0.940. The van der Waals surface area contributed by atoms with Crippen LogP contribution in [0, 0.1) is 5.41 Å². The molecule has 5 heteroatoms. The second kappa shape index (κ2) is 6.22. The fourth-order valence-corrected chi connectivity index (χ4v) is 3.77. The molecule has 1 fully saturated rings. The fourth-order valence-electron chi connectivity index (χ4n) is 2.95. The lowest BCUT2D eigenvalue weighted by Gasteiger charge is -2.24. The van der Waals surface area contributed by atoms with Gasteiger partial charge in [0.2, 0.25) is 0 Å². The summed E-state index contributed by atoms with van der Waals surface area (Å²) < 4.78 is 0. The number of hydrogen-bond acceptors (Lipinski definition) is 4. The van der Waals surface area contributed by atoms with Crippen LogP contribution in [0.25, 0.3) is 0 Å². The molecule has 0 aliphatic carbocycles. The second-order valence-corrected chi connectivity index (χ2v) is 7.02. The van der Waals surface area contributed by atoms with Gasteiger partial charge in [-0.15, -0.1) is 11.3 Å². The van der Waals surface area contributed by atoms with Crippen molar-refractivity contribution in [3.63, 3.8) is 0 Å². The smallest absolute Gasteiger partial charge is 0.310 e. The van der Waals surface area contributed by atoms with E-state index < -0.39 is 11.4 Å². The highest BCUT2D eigenvalue weighted by atomic mass is 32.1. The van der Waals surface area contributed by atoms with Gasteiger partial charge in [0.1, 0.15) is 0 Å². The molecule has 1 aliphatic rings. The molecule has 1 atom stereocenters. The van der Waals surface area contributed by atoms with Crippen molar-refractivity contribution < 1.29 is 9.90 Å². The van der Waals surface area contributed by atoms with E-state index in [1.165, 1.54) is 0 Å². The molecule has 0 bridgehead atoms. The molecule has 0 spiro atoms. The highest BCUT2D eigenvalue weighted by molar-refractivity contribution is 7.09. The maximum atomic E-state index is 11.6. The zero-order chi connectivity index (χ0) is 14.8. The van der Waals surface area contributed by atoms with Gasteiger partial charge in [0.25, 0.3) is 0 Å². The number of rotatable bonds is 6. The van der Waals surface area contributed by atoms with Gasteiger partial charge >= 0.3 is 5.97 Å². The molecule has 1 unspecified atom stereocenters. The lowest BCUT2D eigenvalue weighted by atomic mass is 9.83. The molecular weight excluding hydrogens is 272 g/mol. The van der Waals surface area contributed by atoms with Crippen molar-refractivity contribution in [1.82, 2.24) is 9.88 Å². The standard InChI is InChI=1S/C15H24N2O2S/c1-4-5-15(14(18)19)6-7-17(10-15)8-12-9-20-13(16-12)11(2)3/h9,11H,4-8,10H2,1-3H3,(H,18,19). The summed E-state index contributed by atoms with van der Waals surface area (Å²) in [4.78, 5) is 18.4. The molecule has 1 saturated heterocycles. The van der Waals surface area contributed by atoms with Gasteiger partial charge in [0, 0.05) is 24.4 Å². The van der Waals surface area contributed by atoms with Gasteiger partial charge in [-0.1, -0.05) is 27.2 Å². The first-order valence-electron chi connectivity index (χ1n) is 7.37. The first-order chi connectivity index (χ1) is 9.47. The molecule has 1 aromatic heterocycles. The predicted molar refractivity (Wildman–Crippen MR) is 81.1 cm³/mol. The zero-order valence-electron chi connectivity index (χ0n) is 12.6. The van der Waals surface area contributed by atoms with Crippen LogP contribution in [0.5, 0.6) is 0 Å². The Kier molecular flexibility index (Phi) is 4.81. The minimum atomic E-state index is -0.636. The molecule has 1 N–H and O–H groups in total. The minimum absolute atomic E-state index is 0.463. The van der Waals surface area contributed by atoms with Crippen LogP contribution in [0.1, 0.15) is 56.7 Å². The summed E-state index contributed by atoms with van der Waals surface area (Å²) in [6.45, 7) is 8.65. The predicted octanol–water partition coefficient (Wildman–Crippen LogP) is 3.34. The SMILES string of the molecule is CCCC1(C(=O)O)CCN(Cc2csc(C(C)C)n2)C1. The summed E-state index contributed by atoms with van der Waals surface area (Å²) in [5.41, 5.74) is 0.544. The first kappa shape index (κ1) is 15.4. The number of hydrogen-bond donors (Lipinski definition) is 1. The maximum Gasteiger partial charge on any atom is 0.310 e. The number of carboxylic acid groups (broad SMARTS) is 1. The van der Waals surface area contributed by atoms with Gasteiger partial charge in [-0.05, 0) is 19.4 Å². The van der Waals surface area contributed by atoms with Crippen LogP contribution < -0.4 is 0 Å². The van der Waals surface area contributed by atoms with Crippen molar-refractivity contribution in [2.24, 2.45) is 5.41 Å². The Balaban J connectivity index is 2.00. The van der Waals surface area contributed by atoms with Gasteiger partial charge < -0.3 is 5.11 Å². The van der Waals surface area contributed by atoms with E-state index in [2.05, 4.69) is 36.0 Å². The summed E-state index contributed by atoms with van der Waals surface area (Å²) in [6.07, 6.45) is 2.46. The van der Waals surface area contributed by atoms with Crippen LogP contribution >= 0.6 is 11.3 Å². The van der Waals surface area contributed by atoms with E-state index in [1.54, 1.807) is 11.3 Å². The lowest BCUT2D eigenvalue weighted by molar-refractivity contribution is -0.148. The Labute approximate surface area is 124 Å². The van der Waals surface area contributed by atoms with E-state index >= 15 is 0 Å².